The molecule has 1 atom stereocenters. The third kappa shape index (κ3) is 3.26. The van der Waals surface area contributed by atoms with Crippen molar-refractivity contribution in [1.82, 2.24) is 9.03 Å². The quantitative estimate of drug-likeness (QED) is 0.853. The van der Waals surface area contributed by atoms with Gasteiger partial charge in [0, 0.05) is 26.1 Å². The molecule has 0 aliphatic carbocycles. The Morgan fingerprint density at radius 2 is 2.00 bits per heavy atom. The van der Waals surface area contributed by atoms with E-state index < -0.39 is 10.2 Å². The Balaban J connectivity index is 1.92. The number of benzene rings is 1. The summed E-state index contributed by atoms with van der Waals surface area (Å²) in [6, 6.07) is 7.80. The molecule has 0 saturated carbocycles. The van der Waals surface area contributed by atoms with Gasteiger partial charge in [0.1, 0.15) is 11.9 Å². The first-order valence-electron chi connectivity index (χ1n) is 6.56. The van der Waals surface area contributed by atoms with Crippen LogP contribution in [0.4, 0.5) is 0 Å². The number of ether oxygens (including phenoxy) is 1. The molecule has 0 spiro atoms. The number of rotatable bonds is 6. The lowest BCUT2D eigenvalue weighted by atomic mass is 10.1. The Hall–Kier alpha value is -1.11. The molecule has 0 amide bonds. The van der Waals surface area contributed by atoms with E-state index in [2.05, 4.69) is 4.72 Å². The standard InChI is InChI=1S/C13H20N2O3S/c1-3-15(4-2)19(16,17)14-10-12-9-11-7-5-6-8-13(11)18-12/h5-8,12,14H,3-4,9-10H2,1-2H3/t12-/m0/s1. The van der Waals surface area contributed by atoms with Crippen LogP contribution in [0.25, 0.3) is 0 Å². The van der Waals surface area contributed by atoms with Gasteiger partial charge in [0.25, 0.3) is 10.2 Å². The summed E-state index contributed by atoms with van der Waals surface area (Å²) in [6.07, 6.45) is 0.625. The van der Waals surface area contributed by atoms with Crippen molar-refractivity contribution < 1.29 is 13.2 Å². The molecule has 1 aliphatic heterocycles. The van der Waals surface area contributed by atoms with Gasteiger partial charge in [-0.3, -0.25) is 0 Å². The van der Waals surface area contributed by atoms with Gasteiger partial charge in [0.2, 0.25) is 0 Å². The number of nitrogens with one attached hydrogen (secondary N) is 1. The largest absolute Gasteiger partial charge is 0.488 e. The van der Waals surface area contributed by atoms with Gasteiger partial charge in [-0.2, -0.15) is 17.4 Å². The molecule has 0 fully saturated rings. The Morgan fingerprint density at radius 1 is 1.32 bits per heavy atom. The van der Waals surface area contributed by atoms with E-state index in [0.29, 0.717) is 19.6 Å². The fourth-order valence-electron chi connectivity index (χ4n) is 2.22. The van der Waals surface area contributed by atoms with Gasteiger partial charge >= 0.3 is 0 Å². The van der Waals surface area contributed by atoms with Crippen molar-refractivity contribution in [3.05, 3.63) is 29.8 Å². The normalized spacial score (nSPS) is 18.4. The van der Waals surface area contributed by atoms with Crippen LogP contribution < -0.4 is 9.46 Å². The molecule has 1 heterocycles. The minimum Gasteiger partial charge on any atom is -0.488 e. The van der Waals surface area contributed by atoms with E-state index in [1.807, 2.05) is 38.1 Å². The molecule has 0 aromatic heterocycles. The maximum atomic E-state index is 12.0. The van der Waals surface area contributed by atoms with E-state index in [0.717, 1.165) is 17.7 Å². The Morgan fingerprint density at radius 3 is 2.63 bits per heavy atom. The van der Waals surface area contributed by atoms with Crippen molar-refractivity contribution in [2.24, 2.45) is 0 Å². The highest BCUT2D eigenvalue weighted by Crippen LogP contribution is 2.27. The summed E-state index contributed by atoms with van der Waals surface area (Å²) >= 11 is 0. The highest BCUT2D eigenvalue weighted by molar-refractivity contribution is 7.87. The van der Waals surface area contributed by atoms with Gasteiger partial charge in [-0.1, -0.05) is 32.0 Å². The first kappa shape index (κ1) is 14.3. The topological polar surface area (TPSA) is 58.6 Å². The van der Waals surface area contributed by atoms with Crippen molar-refractivity contribution in [3.8, 4) is 5.75 Å². The van der Waals surface area contributed by atoms with Crippen molar-refractivity contribution >= 4 is 10.2 Å². The maximum absolute atomic E-state index is 12.0. The molecule has 5 nitrogen and oxygen atoms in total. The summed E-state index contributed by atoms with van der Waals surface area (Å²) in [4.78, 5) is 0. The molecule has 0 bridgehead atoms. The number of nitrogens with zero attached hydrogens (tertiary/aromatic N) is 1. The van der Waals surface area contributed by atoms with Gasteiger partial charge in [-0.25, -0.2) is 0 Å². The van der Waals surface area contributed by atoms with E-state index in [1.165, 1.54) is 4.31 Å². The molecule has 0 radical (unpaired) electrons. The molecule has 6 heteroatoms. The van der Waals surface area contributed by atoms with Crippen molar-refractivity contribution in [2.75, 3.05) is 19.6 Å². The van der Waals surface area contributed by atoms with Crippen LogP contribution in [0.5, 0.6) is 5.75 Å². The number of para-hydroxylation sites is 1. The number of hydrogen-bond donors (Lipinski definition) is 1. The smallest absolute Gasteiger partial charge is 0.279 e. The molecule has 106 valence electrons. The highest BCUT2D eigenvalue weighted by Gasteiger charge is 2.25. The summed E-state index contributed by atoms with van der Waals surface area (Å²) in [7, 11) is -3.39. The molecular weight excluding hydrogens is 264 g/mol. The number of hydrogen-bond acceptors (Lipinski definition) is 3. The van der Waals surface area contributed by atoms with Crippen molar-refractivity contribution in [1.29, 1.82) is 0 Å². The van der Waals surface area contributed by atoms with E-state index in [4.69, 9.17) is 4.74 Å². The maximum Gasteiger partial charge on any atom is 0.279 e. The van der Waals surface area contributed by atoms with Crippen LogP contribution in [0, 0.1) is 0 Å². The summed E-state index contributed by atoms with van der Waals surface area (Å²) in [5, 5.41) is 0. The van der Waals surface area contributed by atoms with E-state index in [-0.39, 0.29) is 6.10 Å². The van der Waals surface area contributed by atoms with Crippen LogP contribution in [-0.4, -0.2) is 38.5 Å². The molecule has 2 rings (SSSR count). The summed E-state index contributed by atoms with van der Waals surface area (Å²) in [6.45, 7) is 4.89. The van der Waals surface area contributed by atoms with Gasteiger partial charge in [0.15, 0.2) is 0 Å². The minimum atomic E-state index is -3.39. The molecule has 0 saturated heterocycles. The van der Waals surface area contributed by atoms with E-state index in [9.17, 15) is 8.42 Å². The monoisotopic (exact) mass is 284 g/mol. The first-order chi connectivity index (χ1) is 9.06. The fraction of sp³-hybridized carbons (Fsp3) is 0.538. The molecular formula is C13H20N2O3S. The number of fused-ring (bicyclic) bond motifs is 1. The zero-order chi connectivity index (χ0) is 13.9. The van der Waals surface area contributed by atoms with Crippen molar-refractivity contribution in [3.63, 3.8) is 0 Å². The van der Waals surface area contributed by atoms with Crippen LogP contribution in [0.2, 0.25) is 0 Å². The van der Waals surface area contributed by atoms with Gasteiger partial charge < -0.3 is 4.74 Å². The van der Waals surface area contributed by atoms with Crippen molar-refractivity contribution in [2.45, 2.75) is 26.4 Å². The third-order valence-electron chi connectivity index (χ3n) is 3.25. The molecule has 0 unspecified atom stereocenters. The molecule has 19 heavy (non-hydrogen) atoms. The van der Waals surface area contributed by atoms with E-state index >= 15 is 0 Å². The lowest BCUT2D eigenvalue weighted by Gasteiger charge is -2.20. The predicted octanol–water partition coefficient (Wildman–Crippen LogP) is 1.17. The lowest BCUT2D eigenvalue weighted by Crippen LogP contribution is -2.44. The van der Waals surface area contributed by atoms with Crippen LogP contribution >= 0.6 is 0 Å². The molecule has 1 N–H and O–H groups in total. The fourth-order valence-corrected chi connectivity index (χ4v) is 3.48. The van der Waals surface area contributed by atoms with Crippen LogP contribution in [-0.2, 0) is 16.6 Å². The minimum absolute atomic E-state index is 0.122. The highest BCUT2D eigenvalue weighted by atomic mass is 32.2. The Kier molecular flexibility index (Phi) is 4.44. The Labute approximate surface area is 114 Å². The molecule has 1 aliphatic rings. The van der Waals surface area contributed by atoms with Crippen LogP contribution in [0.3, 0.4) is 0 Å². The van der Waals surface area contributed by atoms with Crippen LogP contribution in [0.15, 0.2) is 24.3 Å². The molecule has 1 aromatic carbocycles. The zero-order valence-corrected chi connectivity index (χ0v) is 12.1. The summed E-state index contributed by atoms with van der Waals surface area (Å²) in [5.74, 6) is 0.856. The SMILES string of the molecule is CCN(CC)S(=O)(=O)NC[C@@H]1Cc2ccccc2O1. The van der Waals surface area contributed by atoms with Gasteiger partial charge in [-0.05, 0) is 11.6 Å². The second kappa shape index (κ2) is 5.90. The first-order valence-corrected chi connectivity index (χ1v) is 8.00. The second-order valence-corrected chi connectivity index (χ2v) is 6.24. The van der Waals surface area contributed by atoms with Crippen LogP contribution in [0.1, 0.15) is 19.4 Å². The average molecular weight is 284 g/mol. The summed E-state index contributed by atoms with van der Waals surface area (Å²) in [5.41, 5.74) is 1.13. The lowest BCUT2D eigenvalue weighted by molar-refractivity contribution is 0.234. The summed E-state index contributed by atoms with van der Waals surface area (Å²) < 4.78 is 33.7. The zero-order valence-electron chi connectivity index (χ0n) is 11.3. The molecule has 1 aromatic rings. The second-order valence-electron chi connectivity index (χ2n) is 4.49. The average Bonchev–Trinajstić information content (AvgIpc) is 2.80. The predicted molar refractivity (Wildman–Crippen MR) is 74.4 cm³/mol. The van der Waals surface area contributed by atoms with Gasteiger partial charge in [-0.15, -0.1) is 0 Å². The third-order valence-corrected chi connectivity index (χ3v) is 4.98. The van der Waals surface area contributed by atoms with E-state index in [1.54, 1.807) is 0 Å². The Bertz CT molecular complexity index is 501. The van der Waals surface area contributed by atoms with Gasteiger partial charge in [0.05, 0.1) is 0 Å².